The van der Waals surface area contributed by atoms with E-state index in [0.717, 1.165) is 5.00 Å². The van der Waals surface area contributed by atoms with E-state index in [-0.39, 0.29) is 0 Å². The van der Waals surface area contributed by atoms with Crippen molar-refractivity contribution in [3.8, 4) is 0 Å². The van der Waals surface area contributed by atoms with Crippen molar-refractivity contribution in [1.29, 1.82) is 0 Å². The van der Waals surface area contributed by atoms with Crippen LogP contribution in [0.3, 0.4) is 0 Å². The molecular formula is C8H16N4S. The lowest BCUT2D eigenvalue weighted by atomic mass is 10.2. The van der Waals surface area contributed by atoms with Crippen molar-refractivity contribution < 1.29 is 0 Å². The molecule has 0 saturated carbocycles. The molecule has 0 fully saturated rings. The molecule has 0 unspecified atom stereocenters. The number of nitrogen functional groups attached to an aromatic ring is 1. The minimum absolute atomic E-state index is 0.421. The first-order valence-electron chi connectivity index (χ1n) is 4.40. The topological polar surface area (TPSA) is 55.0 Å². The second-order valence-corrected chi connectivity index (χ2v) is 4.29. The SMILES string of the molecule is CC(C)N(c1snnc1N)C(C)C. The van der Waals surface area contributed by atoms with Crippen molar-refractivity contribution in [2.45, 2.75) is 39.8 Å². The van der Waals surface area contributed by atoms with Gasteiger partial charge in [-0.2, -0.15) is 0 Å². The van der Waals surface area contributed by atoms with Crippen LogP contribution >= 0.6 is 11.5 Å². The van der Waals surface area contributed by atoms with Crippen LogP contribution in [0.15, 0.2) is 0 Å². The Bertz CT molecular complexity index is 261. The van der Waals surface area contributed by atoms with Gasteiger partial charge in [-0.25, -0.2) is 0 Å². The Hall–Kier alpha value is -0.840. The van der Waals surface area contributed by atoms with Crippen LogP contribution in [0.25, 0.3) is 0 Å². The van der Waals surface area contributed by atoms with Gasteiger partial charge in [0, 0.05) is 23.6 Å². The Labute approximate surface area is 82.9 Å². The highest BCUT2D eigenvalue weighted by atomic mass is 32.1. The van der Waals surface area contributed by atoms with Gasteiger partial charge in [-0.3, -0.25) is 0 Å². The molecule has 13 heavy (non-hydrogen) atoms. The number of nitrogens with two attached hydrogens (primary N) is 1. The Balaban J connectivity index is 2.95. The van der Waals surface area contributed by atoms with E-state index in [9.17, 15) is 0 Å². The largest absolute Gasteiger partial charge is 0.380 e. The molecule has 2 N–H and O–H groups in total. The minimum atomic E-state index is 0.421. The summed E-state index contributed by atoms with van der Waals surface area (Å²) in [5, 5.41) is 4.78. The van der Waals surface area contributed by atoms with Crippen molar-refractivity contribution >= 4 is 22.4 Å². The van der Waals surface area contributed by atoms with Crippen molar-refractivity contribution in [2.75, 3.05) is 10.6 Å². The van der Waals surface area contributed by atoms with Crippen molar-refractivity contribution in [3.05, 3.63) is 0 Å². The van der Waals surface area contributed by atoms with Gasteiger partial charge >= 0.3 is 0 Å². The van der Waals surface area contributed by atoms with E-state index >= 15 is 0 Å². The van der Waals surface area contributed by atoms with Crippen molar-refractivity contribution in [3.63, 3.8) is 0 Å². The van der Waals surface area contributed by atoms with E-state index in [1.54, 1.807) is 0 Å². The number of rotatable bonds is 3. The molecule has 0 bridgehead atoms. The van der Waals surface area contributed by atoms with Crippen LogP contribution < -0.4 is 10.6 Å². The molecule has 4 nitrogen and oxygen atoms in total. The first-order chi connectivity index (χ1) is 6.04. The van der Waals surface area contributed by atoms with Gasteiger partial charge in [-0.1, -0.05) is 4.49 Å². The summed E-state index contributed by atoms with van der Waals surface area (Å²) in [7, 11) is 0. The Morgan fingerprint density at radius 3 is 2.08 bits per heavy atom. The highest BCUT2D eigenvalue weighted by Gasteiger charge is 2.19. The van der Waals surface area contributed by atoms with Crippen molar-refractivity contribution in [2.24, 2.45) is 0 Å². The summed E-state index contributed by atoms with van der Waals surface area (Å²) in [5.41, 5.74) is 5.71. The van der Waals surface area contributed by atoms with Gasteiger partial charge < -0.3 is 10.6 Å². The highest BCUT2D eigenvalue weighted by molar-refractivity contribution is 7.10. The zero-order valence-corrected chi connectivity index (χ0v) is 9.30. The molecule has 0 aliphatic heterocycles. The first-order valence-corrected chi connectivity index (χ1v) is 5.17. The molecule has 1 aromatic rings. The normalized spacial score (nSPS) is 11.2. The summed E-state index contributed by atoms with van der Waals surface area (Å²) in [6.07, 6.45) is 0. The molecule has 1 aromatic heterocycles. The minimum Gasteiger partial charge on any atom is -0.380 e. The summed E-state index contributed by atoms with van der Waals surface area (Å²) in [4.78, 5) is 2.22. The van der Waals surface area contributed by atoms with E-state index in [0.29, 0.717) is 17.9 Å². The second kappa shape index (κ2) is 3.91. The molecule has 0 amide bonds. The number of anilines is 2. The summed E-state index contributed by atoms with van der Waals surface area (Å²) in [5.74, 6) is 0.535. The fourth-order valence-corrected chi connectivity index (χ4v) is 2.29. The third-order valence-corrected chi connectivity index (χ3v) is 2.60. The quantitative estimate of drug-likeness (QED) is 0.807. The fourth-order valence-electron chi connectivity index (χ4n) is 1.44. The third-order valence-electron chi connectivity index (χ3n) is 1.84. The van der Waals surface area contributed by atoms with Crippen LogP contribution in [-0.2, 0) is 0 Å². The fraction of sp³-hybridized carbons (Fsp3) is 0.750. The summed E-state index contributed by atoms with van der Waals surface area (Å²) < 4.78 is 3.83. The van der Waals surface area contributed by atoms with E-state index < -0.39 is 0 Å². The summed E-state index contributed by atoms with van der Waals surface area (Å²) in [6, 6.07) is 0.842. The van der Waals surface area contributed by atoms with Gasteiger partial charge in [0.2, 0.25) is 0 Å². The van der Waals surface area contributed by atoms with Crippen LogP contribution in [0.1, 0.15) is 27.7 Å². The predicted octanol–water partition coefficient (Wildman–Crippen LogP) is 1.74. The third kappa shape index (κ3) is 2.09. The van der Waals surface area contributed by atoms with Gasteiger partial charge in [0.1, 0.15) is 0 Å². The Morgan fingerprint density at radius 1 is 1.23 bits per heavy atom. The molecule has 0 aromatic carbocycles. The van der Waals surface area contributed by atoms with Crippen LogP contribution in [0.5, 0.6) is 0 Å². The van der Waals surface area contributed by atoms with Gasteiger partial charge in [0.25, 0.3) is 0 Å². The molecule has 0 radical (unpaired) electrons. The van der Waals surface area contributed by atoms with E-state index in [2.05, 4.69) is 42.2 Å². The lowest BCUT2D eigenvalue weighted by Crippen LogP contribution is -2.36. The molecule has 0 atom stereocenters. The van der Waals surface area contributed by atoms with Gasteiger partial charge in [0.15, 0.2) is 10.8 Å². The van der Waals surface area contributed by atoms with Gasteiger partial charge in [0.05, 0.1) is 0 Å². The standard InChI is InChI=1S/C8H16N4S/c1-5(2)12(6(3)4)8-7(9)10-11-13-8/h5-6H,9H2,1-4H3. The Morgan fingerprint density at radius 2 is 1.77 bits per heavy atom. The Kier molecular flexibility index (Phi) is 3.08. The number of aromatic nitrogens is 2. The number of hydrogen-bond donors (Lipinski definition) is 1. The molecule has 74 valence electrons. The zero-order chi connectivity index (χ0) is 10.0. The molecular weight excluding hydrogens is 184 g/mol. The highest BCUT2D eigenvalue weighted by Crippen LogP contribution is 2.28. The van der Waals surface area contributed by atoms with E-state index in [1.165, 1.54) is 11.5 Å². The maximum absolute atomic E-state index is 5.71. The van der Waals surface area contributed by atoms with Gasteiger partial charge in [-0.05, 0) is 27.7 Å². The maximum Gasteiger partial charge on any atom is 0.182 e. The van der Waals surface area contributed by atoms with E-state index in [1.807, 2.05) is 0 Å². The average molecular weight is 200 g/mol. The predicted molar refractivity (Wildman–Crippen MR) is 57.1 cm³/mol. The van der Waals surface area contributed by atoms with Gasteiger partial charge in [-0.15, -0.1) is 5.10 Å². The number of nitrogens with zero attached hydrogens (tertiary/aromatic N) is 3. The smallest absolute Gasteiger partial charge is 0.182 e. The lowest BCUT2D eigenvalue weighted by molar-refractivity contribution is 0.613. The van der Waals surface area contributed by atoms with Crippen LogP contribution in [0.4, 0.5) is 10.8 Å². The van der Waals surface area contributed by atoms with Crippen LogP contribution in [-0.4, -0.2) is 21.7 Å². The lowest BCUT2D eigenvalue weighted by Gasteiger charge is -2.30. The van der Waals surface area contributed by atoms with Crippen LogP contribution in [0.2, 0.25) is 0 Å². The monoisotopic (exact) mass is 200 g/mol. The maximum atomic E-state index is 5.71. The summed E-state index contributed by atoms with van der Waals surface area (Å²) in [6.45, 7) is 8.55. The van der Waals surface area contributed by atoms with Crippen molar-refractivity contribution in [1.82, 2.24) is 9.59 Å². The number of hydrogen-bond acceptors (Lipinski definition) is 5. The molecule has 5 heteroatoms. The van der Waals surface area contributed by atoms with E-state index in [4.69, 9.17) is 5.73 Å². The first kappa shape index (κ1) is 10.2. The zero-order valence-electron chi connectivity index (χ0n) is 8.48. The molecule has 1 heterocycles. The molecule has 0 spiro atoms. The second-order valence-electron chi connectivity index (χ2n) is 3.56. The summed E-state index contributed by atoms with van der Waals surface area (Å²) >= 11 is 1.35. The molecule has 0 saturated heterocycles. The van der Waals surface area contributed by atoms with Crippen LogP contribution in [0, 0.1) is 0 Å². The molecule has 0 aliphatic carbocycles. The average Bonchev–Trinajstić information content (AvgIpc) is 2.35. The molecule has 1 rings (SSSR count). The molecule has 0 aliphatic rings.